The lowest BCUT2D eigenvalue weighted by atomic mass is 10.1. The molecule has 16 heavy (non-hydrogen) atoms. The molecule has 2 rings (SSSR count). The summed E-state index contributed by atoms with van der Waals surface area (Å²) in [7, 11) is 0. The Labute approximate surface area is 90.3 Å². The van der Waals surface area contributed by atoms with Crippen LogP contribution in [0.5, 0.6) is 0 Å². The lowest BCUT2D eigenvalue weighted by Crippen LogP contribution is -2.14. The second-order valence-corrected chi connectivity index (χ2v) is 3.03. The van der Waals surface area contributed by atoms with E-state index in [9.17, 15) is 14.9 Å². The highest BCUT2D eigenvalue weighted by molar-refractivity contribution is 5.99. The van der Waals surface area contributed by atoms with Gasteiger partial charge in [-0.3, -0.25) is 14.9 Å². The van der Waals surface area contributed by atoms with Gasteiger partial charge in [0.25, 0.3) is 11.6 Å². The highest BCUT2D eigenvalue weighted by Crippen LogP contribution is 2.18. The fraction of sp³-hybridized carbons (Fsp3) is 0. The number of nitro groups is 1. The molecule has 0 N–H and O–H groups in total. The molecule has 0 bridgehead atoms. The molecular formula is C10H7N3O3. The molecule has 1 aromatic carbocycles. The number of hydrogen-bond donors (Lipinski definition) is 0. The summed E-state index contributed by atoms with van der Waals surface area (Å²) >= 11 is 0. The number of carbonyl (C=O) groups is 1. The van der Waals surface area contributed by atoms with Gasteiger partial charge in [0.15, 0.2) is 0 Å². The van der Waals surface area contributed by atoms with Crippen LogP contribution >= 0.6 is 0 Å². The van der Waals surface area contributed by atoms with Crippen molar-refractivity contribution in [2.75, 3.05) is 0 Å². The third kappa shape index (κ3) is 1.68. The lowest BCUT2D eigenvalue weighted by Gasteiger charge is -2.01. The van der Waals surface area contributed by atoms with Crippen molar-refractivity contribution in [2.45, 2.75) is 0 Å². The van der Waals surface area contributed by atoms with E-state index in [0.29, 0.717) is 0 Å². The Morgan fingerprint density at radius 3 is 2.69 bits per heavy atom. The quantitative estimate of drug-likeness (QED) is 0.563. The van der Waals surface area contributed by atoms with Crippen molar-refractivity contribution in [2.24, 2.45) is 0 Å². The van der Waals surface area contributed by atoms with Gasteiger partial charge in [-0.15, -0.1) is 0 Å². The smallest absolute Gasteiger partial charge is 0.266 e. The first kappa shape index (κ1) is 10.0. The zero-order chi connectivity index (χ0) is 11.5. The normalized spacial score (nSPS) is 10.0. The minimum Gasteiger partial charge on any atom is -0.266 e. The van der Waals surface area contributed by atoms with Crippen molar-refractivity contribution in [1.29, 1.82) is 0 Å². The highest BCUT2D eigenvalue weighted by Gasteiger charge is 2.20. The molecule has 0 radical (unpaired) electrons. The van der Waals surface area contributed by atoms with Crippen LogP contribution in [0.4, 0.5) is 5.69 Å². The van der Waals surface area contributed by atoms with Crippen molar-refractivity contribution in [3.05, 3.63) is 58.4 Å². The van der Waals surface area contributed by atoms with Gasteiger partial charge < -0.3 is 0 Å². The first-order valence-corrected chi connectivity index (χ1v) is 4.48. The Balaban J connectivity index is 2.49. The number of nitrogens with zero attached hydrogens (tertiary/aromatic N) is 3. The van der Waals surface area contributed by atoms with Crippen LogP contribution in [-0.2, 0) is 0 Å². The molecule has 0 aliphatic rings. The Kier molecular flexibility index (Phi) is 2.47. The number of aromatic nitrogens is 2. The van der Waals surface area contributed by atoms with Gasteiger partial charge in [0.05, 0.1) is 4.92 Å². The molecule has 0 aliphatic heterocycles. The summed E-state index contributed by atoms with van der Waals surface area (Å²) in [5.41, 5.74) is -0.195. The number of nitro benzene ring substituents is 1. The Morgan fingerprint density at radius 2 is 2.06 bits per heavy atom. The first-order chi connectivity index (χ1) is 7.70. The predicted octanol–water partition coefficient (Wildman–Crippen LogP) is 1.48. The lowest BCUT2D eigenvalue weighted by molar-refractivity contribution is -0.385. The summed E-state index contributed by atoms with van der Waals surface area (Å²) in [5, 5.41) is 14.5. The number of carbonyl (C=O) groups excluding carboxylic acids is 1. The van der Waals surface area contributed by atoms with Gasteiger partial charge in [-0.05, 0) is 12.1 Å². The van der Waals surface area contributed by atoms with Crippen LogP contribution in [0.2, 0.25) is 0 Å². The SMILES string of the molecule is O=C(c1ccccc1[N+](=O)[O-])n1cccn1. The van der Waals surface area contributed by atoms with Crippen LogP contribution in [0.3, 0.4) is 0 Å². The van der Waals surface area contributed by atoms with Gasteiger partial charge in [-0.1, -0.05) is 12.1 Å². The van der Waals surface area contributed by atoms with Crippen molar-refractivity contribution in [1.82, 2.24) is 9.78 Å². The van der Waals surface area contributed by atoms with E-state index in [1.165, 1.54) is 30.6 Å². The molecule has 80 valence electrons. The number of rotatable bonds is 2. The van der Waals surface area contributed by atoms with E-state index >= 15 is 0 Å². The topological polar surface area (TPSA) is 78.0 Å². The van der Waals surface area contributed by atoms with E-state index in [1.54, 1.807) is 12.1 Å². The molecule has 2 aromatic rings. The predicted molar refractivity (Wildman–Crippen MR) is 55.1 cm³/mol. The van der Waals surface area contributed by atoms with E-state index in [1.807, 2.05) is 0 Å². The van der Waals surface area contributed by atoms with Crippen molar-refractivity contribution in [3.8, 4) is 0 Å². The summed E-state index contributed by atoms with van der Waals surface area (Å²) in [6.45, 7) is 0. The minimum absolute atomic E-state index is 0.0243. The molecule has 1 heterocycles. The van der Waals surface area contributed by atoms with Crippen molar-refractivity contribution >= 4 is 11.6 Å². The fourth-order valence-corrected chi connectivity index (χ4v) is 1.33. The molecule has 6 nitrogen and oxygen atoms in total. The minimum atomic E-state index is -0.587. The van der Waals surface area contributed by atoms with Crippen LogP contribution in [-0.4, -0.2) is 20.6 Å². The molecule has 0 unspecified atom stereocenters. The summed E-state index contributed by atoms with van der Waals surface area (Å²) in [5.74, 6) is -0.516. The molecule has 0 atom stereocenters. The maximum Gasteiger partial charge on any atom is 0.285 e. The summed E-state index contributed by atoms with van der Waals surface area (Å²) in [4.78, 5) is 22.0. The first-order valence-electron chi connectivity index (χ1n) is 4.48. The summed E-state index contributed by atoms with van der Waals surface area (Å²) < 4.78 is 1.06. The molecular weight excluding hydrogens is 210 g/mol. The molecule has 0 aliphatic carbocycles. The molecule has 0 fully saturated rings. The van der Waals surface area contributed by atoms with Gasteiger partial charge in [-0.2, -0.15) is 5.10 Å². The van der Waals surface area contributed by atoms with Gasteiger partial charge in [0, 0.05) is 18.5 Å². The van der Waals surface area contributed by atoms with Crippen LogP contribution < -0.4 is 0 Å². The molecule has 0 spiro atoms. The average Bonchev–Trinajstić information content (AvgIpc) is 2.81. The second kappa shape index (κ2) is 3.93. The third-order valence-corrected chi connectivity index (χ3v) is 2.04. The highest BCUT2D eigenvalue weighted by atomic mass is 16.6. The Hall–Kier alpha value is -2.50. The van der Waals surface area contributed by atoms with Gasteiger partial charge in [0.1, 0.15) is 5.56 Å². The zero-order valence-corrected chi connectivity index (χ0v) is 8.11. The van der Waals surface area contributed by atoms with Crippen molar-refractivity contribution < 1.29 is 9.72 Å². The molecule has 0 amide bonds. The second-order valence-electron chi connectivity index (χ2n) is 3.03. The van der Waals surface area contributed by atoms with Gasteiger partial charge in [0.2, 0.25) is 0 Å². The van der Waals surface area contributed by atoms with Crippen LogP contribution in [0, 0.1) is 10.1 Å². The van der Waals surface area contributed by atoms with E-state index in [-0.39, 0.29) is 11.3 Å². The largest absolute Gasteiger partial charge is 0.285 e. The van der Waals surface area contributed by atoms with E-state index in [0.717, 1.165) is 4.68 Å². The molecule has 6 heteroatoms. The Morgan fingerprint density at radius 1 is 1.31 bits per heavy atom. The zero-order valence-electron chi connectivity index (χ0n) is 8.11. The van der Waals surface area contributed by atoms with E-state index < -0.39 is 10.8 Å². The standard InChI is InChI=1S/C10H7N3O3/c14-10(12-7-3-6-11-12)8-4-1-2-5-9(8)13(15)16/h1-7H. The van der Waals surface area contributed by atoms with E-state index in [2.05, 4.69) is 5.10 Å². The number of para-hydroxylation sites is 1. The summed E-state index contributed by atoms with van der Waals surface area (Å²) in [6.07, 6.45) is 2.88. The van der Waals surface area contributed by atoms with Crippen LogP contribution in [0.1, 0.15) is 10.4 Å². The van der Waals surface area contributed by atoms with Crippen molar-refractivity contribution in [3.63, 3.8) is 0 Å². The molecule has 0 saturated carbocycles. The fourth-order valence-electron chi connectivity index (χ4n) is 1.33. The Bertz CT molecular complexity index is 534. The molecule has 0 saturated heterocycles. The maximum atomic E-state index is 11.8. The average molecular weight is 217 g/mol. The summed E-state index contributed by atoms with van der Waals surface area (Å²) in [6, 6.07) is 7.35. The molecule has 1 aromatic heterocycles. The van der Waals surface area contributed by atoms with Crippen LogP contribution in [0.25, 0.3) is 0 Å². The van der Waals surface area contributed by atoms with Crippen LogP contribution in [0.15, 0.2) is 42.7 Å². The number of benzene rings is 1. The third-order valence-electron chi connectivity index (χ3n) is 2.04. The van der Waals surface area contributed by atoms with Gasteiger partial charge >= 0.3 is 0 Å². The number of hydrogen-bond acceptors (Lipinski definition) is 4. The van der Waals surface area contributed by atoms with Gasteiger partial charge in [-0.25, -0.2) is 4.68 Å². The monoisotopic (exact) mass is 217 g/mol. The van der Waals surface area contributed by atoms with E-state index in [4.69, 9.17) is 0 Å². The maximum absolute atomic E-state index is 11.8.